The molecule has 6 heteroatoms. The molecule has 0 saturated carbocycles. The second-order valence-electron chi connectivity index (χ2n) is 2.90. The second kappa shape index (κ2) is 6.30. The van der Waals surface area contributed by atoms with E-state index in [0.717, 1.165) is 0 Å². The van der Waals surface area contributed by atoms with Gasteiger partial charge in [-0.2, -0.15) is 5.10 Å². The number of nitrogens with one attached hydrogen (secondary N) is 1. The molecule has 1 aromatic heterocycles. The van der Waals surface area contributed by atoms with Crippen molar-refractivity contribution in [1.82, 2.24) is 9.78 Å². The minimum Gasteiger partial charge on any atom is -0.394 e. The van der Waals surface area contributed by atoms with Crippen molar-refractivity contribution in [3.05, 3.63) is 21.0 Å². The van der Waals surface area contributed by atoms with E-state index in [1.54, 1.807) is 6.92 Å². The Labute approximate surface area is 102 Å². The summed E-state index contributed by atoms with van der Waals surface area (Å²) >= 11 is 3.19. The SMILES string of the molecule is CC#CCNc1cnn(CCO)c(=O)c1Br. The minimum atomic E-state index is -0.275. The van der Waals surface area contributed by atoms with Crippen LogP contribution in [0.4, 0.5) is 5.69 Å². The third-order valence-electron chi connectivity index (χ3n) is 1.84. The maximum Gasteiger partial charge on any atom is 0.283 e. The van der Waals surface area contributed by atoms with Crippen LogP contribution in [-0.2, 0) is 6.54 Å². The molecule has 1 rings (SSSR count). The molecule has 2 N–H and O–H groups in total. The van der Waals surface area contributed by atoms with Crippen molar-refractivity contribution in [3.8, 4) is 11.8 Å². The fourth-order valence-corrected chi connectivity index (χ4v) is 1.52. The highest BCUT2D eigenvalue weighted by Crippen LogP contribution is 2.15. The van der Waals surface area contributed by atoms with Gasteiger partial charge in [-0.1, -0.05) is 5.92 Å². The van der Waals surface area contributed by atoms with E-state index in [1.165, 1.54) is 10.9 Å². The van der Waals surface area contributed by atoms with Gasteiger partial charge in [-0.3, -0.25) is 4.79 Å². The third kappa shape index (κ3) is 3.08. The number of hydrogen-bond acceptors (Lipinski definition) is 4. The first-order valence-corrected chi connectivity index (χ1v) is 5.50. The normalized spacial score (nSPS) is 9.44. The molecule has 0 saturated heterocycles. The summed E-state index contributed by atoms with van der Waals surface area (Å²) in [5.41, 5.74) is 0.324. The van der Waals surface area contributed by atoms with Crippen LogP contribution in [0, 0.1) is 11.8 Å². The maximum atomic E-state index is 11.7. The van der Waals surface area contributed by atoms with Crippen molar-refractivity contribution in [2.75, 3.05) is 18.5 Å². The number of rotatable bonds is 4. The van der Waals surface area contributed by atoms with E-state index in [9.17, 15) is 4.79 Å². The average molecular weight is 286 g/mol. The summed E-state index contributed by atoms with van der Waals surface area (Å²) in [6.07, 6.45) is 1.53. The highest BCUT2D eigenvalue weighted by Gasteiger charge is 2.07. The van der Waals surface area contributed by atoms with Crippen molar-refractivity contribution >= 4 is 21.6 Å². The average Bonchev–Trinajstić information content (AvgIpc) is 2.28. The van der Waals surface area contributed by atoms with Gasteiger partial charge >= 0.3 is 0 Å². The van der Waals surface area contributed by atoms with Crippen LogP contribution >= 0.6 is 15.9 Å². The Balaban J connectivity index is 2.91. The molecular weight excluding hydrogens is 274 g/mol. The second-order valence-corrected chi connectivity index (χ2v) is 3.70. The highest BCUT2D eigenvalue weighted by atomic mass is 79.9. The topological polar surface area (TPSA) is 67.2 Å². The van der Waals surface area contributed by atoms with E-state index in [0.29, 0.717) is 16.7 Å². The number of aliphatic hydroxyl groups excluding tert-OH is 1. The lowest BCUT2D eigenvalue weighted by Crippen LogP contribution is -2.25. The quantitative estimate of drug-likeness (QED) is 0.788. The van der Waals surface area contributed by atoms with E-state index >= 15 is 0 Å². The molecule has 0 aliphatic heterocycles. The van der Waals surface area contributed by atoms with Crippen molar-refractivity contribution in [2.24, 2.45) is 0 Å². The van der Waals surface area contributed by atoms with Gasteiger partial charge in [0.05, 0.1) is 31.6 Å². The van der Waals surface area contributed by atoms with E-state index in [4.69, 9.17) is 5.11 Å². The van der Waals surface area contributed by atoms with Gasteiger partial charge in [0.15, 0.2) is 0 Å². The highest BCUT2D eigenvalue weighted by molar-refractivity contribution is 9.10. The predicted octanol–water partition coefficient (Wildman–Crippen LogP) is 0.433. The van der Waals surface area contributed by atoms with Gasteiger partial charge in [-0.05, 0) is 22.9 Å². The summed E-state index contributed by atoms with van der Waals surface area (Å²) in [7, 11) is 0. The predicted molar refractivity (Wildman–Crippen MR) is 65.2 cm³/mol. The fraction of sp³-hybridized carbons (Fsp3) is 0.400. The molecule has 0 aliphatic carbocycles. The zero-order valence-corrected chi connectivity index (χ0v) is 10.4. The fourth-order valence-electron chi connectivity index (χ4n) is 1.07. The van der Waals surface area contributed by atoms with Crippen LogP contribution in [0.5, 0.6) is 0 Å². The van der Waals surface area contributed by atoms with E-state index in [-0.39, 0.29) is 18.7 Å². The first-order valence-electron chi connectivity index (χ1n) is 4.70. The molecular formula is C10H12BrN3O2. The first-order chi connectivity index (χ1) is 7.70. The summed E-state index contributed by atoms with van der Waals surface area (Å²) in [6.45, 7) is 2.27. The van der Waals surface area contributed by atoms with Crippen molar-refractivity contribution in [2.45, 2.75) is 13.5 Å². The molecule has 0 fully saturated rings. The molecule has 0 aromatic carbocycles. The lowest BCUT2D eigenvalue weighted by atomic mass is 10.4. The standard InChI is InChI=1S/C10H12BrN3O2/c1-2-3-4-12-8-7-13-14(5-6-15)10(16)9(8)11/h7,12,15H,4-6H2,1H3. The number of anilines is 1. The molecule has 0 atom stereocenters. The number of aliphatic hydroxyl groups is 1. The summed E-state index contributed by atoms with van der Waals surface area (Å²) in [4.78, 5) is 11.7. The van der Waals surface area contributed by atoms with Crippen molar-refractivity contribution in [3.63, 3.8) is 0 Å². The van der Waals surface area contributed by atoms with Gasteiger partial charge in [0.1, 0.15) is 4.47 Å². The van der Waals surface area contributed by atoms with E-state index in [1.807, 2.05) is 0 Å². The minimum absolute atomic E-state index is 0.118. The Morgan fingerprint density at radius 3 is 3.06 bits per heavy atom. The zero-order chi connectivity index (χ0) is 12.0. The van der Waals surface area contributed by atoms with Gasteiger partial charge < -0.3 is 10.4 Å². The lowest BCUT2D eigenvalue weighted by Gasteiger charge is -2.07. The molecule has 86 valence electrons. The number of hydrogen-bond donors (Lipinski definition) is 2. The van der Waals surface area contributed by atoms with Gasteiger partial charge in [0.2, 0.25) is 0 Å². The van der Waals surface area contributed by atoms with Gasteiger partial charge in [0, 0.05) is 0 Å². The molecule has 0 unspecified atom stereocenters. The van der Waals surface area contributed by atoms with Gasteiger partial charge in [0.25, 0.3) is 5.56 Å². The third-order valence-corrected chi connectivity index (χ3v) is 2.61. The smallest absolute Gasteiger partial charge is 0.283 e. The Morgan fingerprint density at radius 1 is 1.69 bits per heavy atom. The Hall–Kier alpha value is -1.32. The zero-order valence-electron chi connectivity index (χ0n) is 8.83. The van der Waals surface area contributed by atoms with E-state index < -0.39 is 0 Å². The van der Waals surface area contributed by atoms with Crippen LogP contribution < -0.4 is 10.9 Å². The van der Waals surface area contributed by atoms with Crippen LogP contribution in [0.2, 0.25) is 0 Å². The number of aromatic nitrogens is 2. The number of halogens is 1. The summed E-state index contributed by atoms with van der Waals surface area (Å²) in [5.74, 6) is 5.56. The Bertz CT molecular complexity index is 473. The van der Waals surface area contributed by atoms with Crippen LogP contribution in [0.3, 0.4) is 0 Å². The summed E-state index contributed by atoms with van der Waals surface area (Å²) in [6, 6.07) is 0. The van der Waals surface area contributed by atoms with Crippen LogP contribution in [0.25, 0.3) is 0 Å². The lowest BCUT2D eigenvalue weighted by molar-refractivity contribution is 0.266. The van der Waals surface area contributed by atoms with Gasteiger partial charge in [-0.25, -0.2) is 4.68 Å². The largest absolute Gasteiger partial charge is 0.394 e. The molecule has 0 radical (unpaired) electrons. The first kappa shape index (κ1) is 12.7. The molecule has 5 nitrogen and oxygen atoms in total. The molecule has 1 heterocycles. The van der Waals surface area contributed by atoms with Crippen LogP contribution in [0.1, 0.15) is 6.92 Å². The van der Waals surface area contributed by atoms with Crippen LogP contribution in [0.15, 0.2) is 15.5 Å². The molecule has 0 bridgehead atoms. The molecule has 16 heavy (non-hydrogen) atoms. The van der Waals surface area contributed by atoms with Crippen molar-refractivity contribution in [1.29, 1.82) is 0 Å². The maximum absolute atomic E-state index is 11.7. The molecule has 0 amide bonds. The van der Waals surface area contributed by atoms with Gasteiger partial charge in [-0.15, -0.1) is 5.92 Å². The summed E-state index contributed by atoms with van der Waals surface area (Å²) in [5, 5.41) is 15.6. The monoisotopic (exact) mass is 285 g/mol. The van der Waals surface area contributed by atoms with Crippen molar-refractivity contribution < 1.29 is 5.11 Å². The number of nitrogens with zero attached hydrogens (tertiary/aromatic N) is 2. The Kier molecular flexibility index (Phi) is 5.02. The molecule has 0 aliphatic rings. The molecule has 1 aromatic rings. The summed E-state index contributed by atoms with van der Waals surface area (Å²) < 4.78 is 1.59. The Morgan fingerprint density at radius 2 is 2.44 bits per heavy atom. The van der Waals surface area contributed by atoms with Crippen LogP contribution in [-0.4, -0.2) is 28.0 Å². The van der Waals surface area contributed by atoms with E-state index in [2.05, 4.69) is 38.2 Å². The molecule has 0 spiro atoms.